The molecule has 1 aromatic rings. The first kappa shape index (κ1) is 21.5. The Hall–Kier alpha value is -2.19. The van der Waals surface area contributed by atoms with E-state index in [9.17, 15) is 19.7 Å². The third-order valence-corrected chi connectivity index (χ3v) is 6.46. The second-order valence-electron chi connectivity index (χ2n) is 7.83. The molecule has 2 fully saturated rings. The number of nitrogens with two attached hydrogens (primary N) is 1. The monoisotopic (exact) mass is 423 g/mol. The maximum atomic E-state index is 12.1. The average Bonchev–Trinajstić information content (AvgIpc) is 2.70. The van der Waals surface area contributed by atoms with Gasteiger partial charge in [-0.1, -0.05) is 24.4 Å². The van der Waals surface area contributed by atoms with Crippen molar-refractivity contribution >= 4 is 29.5 Å². The van der Waals surface area contributed by atoms with Gasteiger partial charge in [0.05, 0.1) is 17.4 Å². The van der Waals surface area contributed by atoms with Gasteiger partial charge < -0.3 is 15.8 Å². The number of piperidine rings is 1. The van der Waals surface area contributed by atoms with Gasteiger partial charge in [0.15, 0.2) is 6.29 Å². The molecule has 0 bridgehead atoms. The smallest absolute Gasteiger partial charge is 0.302 e. The van der Waals surface area contributed by atoms with Crippen molar-refractivity contribution in [1.29, 1.82) is 0 Å². The van der Waals surface area contributed by atoms with E-state index in [1.165, 1.54) is 31.4 Å². The molecule has 0 aromatic heterocycles. The van der Waals surface area contributed by atoms with Crippen LogP contribution in [0.5, 0.6) is 5.75 Å². The molecule has 9 heteroatoms. The van der Waals surface area contributed by atoms with Crippen LogP contribution < -0.4 is 15.8 Å². The number of primary amides is 1. The Morgan fingerprint density at radius 3 is 2.79 bits per heavy atom. The first-order valence-electron chi connectivity index (χ1n) is 10.0. The highest BCUT2D eigenvalue weighted by Crippen LogP contribution is 2.36. The molecule has 1 aliphatic heterocycles. The number of nitro benzene ring substituents is 1. The Morgan fingerprint density at radius 2 is 2.10 bits per heavy atom. The van der Waals surface area contributed by atoms with Crippen LogP contribution in [-0.4, -0.2) is 35.8 Å². The Kier molecular flexibility index (Phi) is 7.08. The number of carbonyl (C=O) groups excluding carboxylic acids is 2. The normalized spacial score (nSPS) is 24.9. The number of amides is 1. The summed E-state index contributed by atoms with van der Waals surface area (Å²) >= 11 is 5.83. The third kappa shape index (κ3) is 4.87. The van der Waals surface area contributed by atoms with Crippen molar-refractivity contribution in [3.63, 3.8) is 0 Å². The summed E-state index contributed by atoms with van der Waals surface area (Å²) in [6.45, 7) is 0.111. The number of rotatable bonds is 8. The van der Waals surface area contributed by atoms with Crippen molar-refractivity contribution in [2.45, 2.75) is 57.0 Å². The topological polar surface area (TPSA) is 125 Å². The molecule has 0 spiro atoms. The third-order valence-electron chi connectivity index (χ3n) is 6.15. The number of benzene rings is 1. The van der Waals surface area contributed by atoms with Crippen molar-refractivity contribution in [2.24, 2.45) is 17.6 Å². The number of hydrogen-bond acceptors (Lipinski definition) is 6. The van der Waals surface area contributed by atoms with Crippen molar-refractivity contribution in [1.82, 2.24) is 5.32 Å². The molecule has 2 aliphatic rings. The molecule has 8 nitrogen and oxygen atoms in total. The molecular weight excluding hydrogens is 398 g/mol. The molecule has 1 heterocycles. The predicted molar refractivity (Wildman–Crippen MR) is 108 cm³/mol. The highest BCUT2D eigenvalue weighted by Gasteiger charge is 2.36. The minimum absolute atomic E-state index is 0.000505. The van der Waals surface area contributed by atoms with E-state index >= 15 is 0 Å². The summed E-state index contributed by atoms with van der Waals surface area (Å²) in [5, 5.41) is 14.7. The molecule has 3 N–H and O–H groups in total. The van der Waals surface area contributed by atoms with Gasteiger partial charge in [0, 0.05) is 12.1 Å². The van der Waals surface area contributed by atoms with E-state index in [1.54, 1.807) is 0 Å². The molecule has 158 valence electrons. The van der Waals surface area contributed by atoms with Crippen LogP contribution >= 0.6 is 11.6 Å². The molecule has 1 amide bonds. The predicted octanol–water partition coefficient (Wildman–Crippen LogP) is 3.24. The van der Waals surface area contributed by atoms with Gasteiger partial charge >= 0.3 is 5.69 Å². The van der Waals surface area contributed by atoms with Crippen molar-refractivity contribution < 1.29 is 19.2 Å². The number of nitro groups is 1. The summed E-state index contributed by atoms with van der Waals surface area (Å²) in [6.07, 6.45) is 7.53. The van der Waals surface area contributed by atoms with Gasteiger partial charge in [-0.25, -0.2) is 0 Å². The zero-order chi connectivity index (χ0) is 21.0. The molecule has 4 atom stereocenters. The van der Waals surface area contributed by atoms with E-state index in [2.05, 4.69) is 5.32 Å². The Morgan fingerprint density at radius 1 is 1.34 bits per heavy atom. The van der Waals surface area contributed by atoms with E-state index < -0.39 is 22.4 Å². The standard InChI is InChI=1S/C20H26ClN3O5/c21-15-6-8-18(14(11-25)19(15)24(27)28)29-10-9-13(20(22)26)17-7-5-12-3-1-2-4-16(12)23-17/h6,8,11-13,16-17,23H,1-5,7,9-10H2,(H2,22,26). The van der Waals surface area contributed by atoms with Gasteiger partial charge in [-0.2, -0.15) is 0 Å². The summed E-state index contributed by atoms with van der Waals surface area (Å²) in [7, 11) is 0. The fraction of sp³-hybridized carbons (Fsp3) is 0.600. The lowest BCUT2D eigenvalue weighted by Gasteiger charge is -2.42. The second-order valence-corrected chi connectivity index (χ2v) is 8.24. The zero-order valence-corrected chi connectivity index (χ0v) is 16.9. The molecule has 1 aromatic carbocycles. The molecular formula is C20H26ClN3O5. The van der Waals surface area contributed by atoms with Gasteiger partial charge in [-0.05, 0) is 50.2 Å². The molecule has 29 heavy (non-hydrogen) atoms. The molecule has 1 saturated carbocycles. The first-order chi connectivity index (χ1) is 13.9. The first-order valence-corrected chi connectivity index (χ1v) is 10.4. The summed E-state index contributed by atoms with van der Waals surface area (Å²) in [5.74, 6) is -0.0456. The summed E-state index contributed by atoms with van der Waals surface area (Å²) < 4.78 is 5.62. The maximum absolute atomic E-state index is 12.1. The second kappa shape index (κ2) is 9.54. The molecule has 1 saturated heterocycles. The SMILES string of the molecule is NC(=O)C(CCOc1ccc(Cl)c([N+](=O)[O-])c1C=O)C1CCC2CCCCC2N1. The average molecular weight is 424 g/mol. The number of carbonyl (C=O) groups is 2. The van der Waals surface area contributed by atoms with E-state index in [-0.39, 0.29) is 29.0 Å². The van der Waals surface area contributed by atoms with Crippen molar-refractivity contribution in [3.05, 3.63) is 32.8 Å². The van der Waals surface area contributed by atoms with E-state index in [0.29, 0.717) is 24.7 Å². The van der Waals surface area contributed by atoms with Gasteiger partial charge in [-0.15, -0.1) is 0 Å². The number of ether oxygens (including phenoxy) is 1. The lowest BCUT2D eigenvalue weighted by atomic mass is 9.75. The van der Waals surface area contributed by atoms with Gasteiger partial charge in [-0.3, -0.25) is 19.7 Å². The van der Waals surface area contributed by atoms with Gasteiger partial charge in [0.25, 0.3) is 0 Å². The fourth-order valence-electron chi connectivity index (χ4n) is 4.67. The lowest BCUT2D eigenvalue weighted by molar-refractivity contribution is -0.385. The van der Waals surface area contributed by atoms with Crippen LogP contribution in [0.2, 0.25) is 5.02 Å². The highest BCUT2D eigenvalue weighted by molar-refractivity contribution is 6.33. The van der Waals surface area contributed by atoms with Gasteiger partial charge in [0.1, 0.15) is 16.3 Å². The number of hydrogen-bond donors (Lipinski definition) is 2. The number of aldehydes is 1. The van der Waals surface area contributed by atoms with Crippen LogP contribution in [0.4, 0.5) is 5.69 Å². The summed E-state index contributed by atoms with van der Waals surface area (Å²) in [4.78, 5) is 33.9. The molecule has 1 aliphatic carbocycles. The molecule has 4 unspecified atom stereocenters. The Labute approximate surface area is 174 Å². The highest BCUT2D eigenvalue weighted by atomic mass is 35.5. The minimum Gasteiger partial charge on any atom is -0.493 e. The van der Waals surface area contributed by atoms with Crippen LogP contribution in [0.3, 0.4) is 0 Å². The Bertz CT molecular complexity index is 788. The van der Waals surface area contributed by atoms with Crippen LogP contribution in [0.1, 0.15) is 55.3 Å². The summed E-state index contributed by atoms with van der Waals surface area (Å²) in [6, 6.07) is 3.18. The minimum atomic E-state index is -0.711. The van der Waals surface area contributed by atoms with E-state index in [1.807, 2.05) is 0 Å². The largest absolute Gasteiger partial charge is 0.493 e. The maximum Gasteiger partial charge on any atom is 0.302 e. The van der Waals surface area contributed by atoms with E-state index in [0.717, 1.165) is 19.3 Å². The van der Waals surface area contributed by atoms with Crippen molar-refractivity contribution in [3.8, 4) is 5.75 Å². The number of nitrogens with one attached hydrogen (secondary N) is 1. The number of nitrogens with zero attached hydrogens (tertiary/aromatic N) is 1. The summed E-state index contributed by atoms with van der Waals surface area (Å²) in [5.41, 5.74) is 4.96. The Balaban J connectivity index is 1.65. The van der Waals surface area contributed by atoms with Crippen molar-refractivity contribution in [2.75, 3.05) is 6.61 Å². The lowest BCUT2D eigenvalue weighted by Crippen LogP contribution is -2.54. The van der Waals surface area contributed by atoms with Crippen LogP contribution in [0.25, 0.3) is 0 Å². The van der Waals surface area contributed by atoms with Gasteiger partial charge in [0.2, 0.25) is 5.91 Å². The van der Waals surface area contributed by atoms with Crippen LogP contribution in [-0.2, 0) is 4.79 Å². The zero-order valence-electron chi connectivity index (χ0n) is 16.1. The molecule has 0 radical (unpaired) electrons. The van der Waals surface area contributed by atoms with E-state index in [4.69, 9.17) is 22.1 Å². The van der Waals surface area contributed by atoms with Crippen LogP contribution in [0.15, 0.2) is 12.1 Å². The quantitative estimate of drug-likeness (QED) is 0.375. The number of halogens is 1. The number of fused-ring (bicyclic) bond motifs is 1. The van der Waals surface area contributed by atoms with Crippen LogP contribution in [0, 0.1) is 22.0 Å². The fourth-order valence-corrected chi connectivity index (χ4v) is 4.90. The molecule has 3 rings (SSSR count).